The second kappa shape index (κ2) is 5.16. The predicted molar refractivity (Wildman–Crippen MR) is 68.1 cm³/mol. The summed E-state index contributed by atoms with van der Waals surface area (Å²) in [6.45, 7) is 10.8. The van der Waals surface area contributed by atoms with Crippen molar-refractivity contribution in [1.29, 1.82) is 0 Å². The van der Waals surface area contributed by atoms with Crippen molar-refractivity contribution in [2.45, 2.75) is 39.5 Å². The van der Waals surface area contributed by atoms with E-state index in [0.717, 1.165) is 6.42 Å². The highest BCUT2D eigenvalue weighted by molar-refractivity contribution is 5.19. The smallest absolute Gasteiger partial charge is 0.0185 e. The molecule has 0 aromatic heterocycles. The Kier molecular flexibility index (Phi) is 4.14. The molecule has 0 aliphatic rings. The first kappa shape index (κ1) is 12.0. The summed E-state index contributed by atoms with van der Waals surface area (Å²) in [7, 11) is 0. The van der Waals surface area contributed by atoms with Crippen LogP contribution in [0.5, 0.6) is 0 Å². The number of rotatable bonds is 5. The molecule has 0 fully saturated rings. The lowest BCUT2D eigenvalue weighted by Crippen LogP contribution is -2.13. The molecule has 0 bridgehead atoms. The van der Waals surface area contributed by atoms with Gasteiger partial charge in [0.05, 0.1) is 0 Å². The SMILES string of the molecule is C=CCC(C)(C)CC(C)c1ccccc1. The van der Waals surface area contributed by atoms with Crippen LogP contribution < -0.4 is 0 Å². The topological polar surface area (TPSA) is 0 Å². The van der Waals surface area contributed by atoms with Crippen molar-refractivity contribution in [3.63, 3.8) is 0 Å². The Labute approximate surface area is 94.0 Å². The zero-order chi connectivity index (χ0) is 11.3. The van der Waals surface area contributed by atoms with Crippen molar-refractivity contribution in [2.24, 2.45) is 5.41 Å². The van der Waals surface area contributed by atoms with E-state index in [2.05, 4.69) is 57.7 Å². The largest absolute Gasteiger partial charge is 0.103 e. The average molecular weight is 202 g/mol. The van der Waals surface area contributed by atoms with Crippen molar-refractivity contribution in [1.82, 2.24) is 0 Å². The maximum Gasteiger partial charge on any atom is -0.0185 e. The van der Waals surface area contributed by atoms with Gasteiger partial charge in [0.15, 0.2) is 0 Å². The van der Waals surface area contributed by atoms with Crippen LogP contribution in [0.1, 0.15) is 45.1 Å². The van der Waals surface area contributed by atoms with Gasteiger partial charge in [-0.25, -0.2) is 0 Å². The summed E-state index contributed by atoms with van der Waals surface area (Å²) in [5, 5.41) is 0. The predicted octanol–water partition coefficient (Wildman–Crippen LogP) is 4.78. The Bertz CT molecular complexity index is 295. The fraction of sp³-hybridized carbons (Fsp3) is 0.467. The Hall–Kier alpha value is -1.04. The fourth-order valence-electron chi connectivity index (χ4n) is 2.20. The van der Waals surface area contributed by atoms with Crippen LogP contribution in [-0.2, 0) is 0 Å². The summed E-state index contributed by atoms with van der Waals surface area (Å²) in [4.78, 5) is 0. The third-order valence-corrected chi connectivity index (χ3v) is 2.92. The van der Waals surface area contributed by atoms with E-state index in [1.54, 1.807) is 0 Å². The standard InChI is InChI=1S/C15H22/c1-5-11-15(3,4)12-13(2)14-9-7-6-8-10-14/h5-10,13H,1,11-12H2,2-4H3. The summed E-state index contributed by atoms with van der Waals surface area (Å²) >= 11 is 0. The minimum absolute atomic E-state index is 0.358. The minimum atomic E-state index is 0.358. The highest BCUT2D eigenvalue weighted by Crippen LogP contribution is 2.34. The van der Waals surface area contributed by atoms with Gasteiger partial charge in [0, 0.05) is 0 Å². The van der Waals surface area contributed by atoms with Gasteiger partial charge in [-0.15, -0.1) is 6.58 Å². The average Bonchev–Trinajstić information content (AvgIpc) is 2.18. The summed E-state index contributed by atoms with van der Waals surface area (Å²) in [6.07, 6.45) is 4.32. The van der Waals surface area contributed by atoms with E-state index in [1.807, 2.05) is 6.08 Å². The van der Waals surface area contributed by atoms with Crippen LogP contribution in [0.3, 0.4) is 0 Å². The van der Waals surface area contributed by atoms with Gasteiger partial charge in [0.2, 0.25) is 0 Å². The molecule has 82 valence electrons. The first-order chi connectivity index (χ1) is 7.05. The molecule has 0 nitrogen and oxygen atoms in total. The summed E-state index contributed by atoms with van der Waals surface area (Å²) in [5.74, 6) is 0.626. The Morgan fingerprint density at radius 3 is 2.40 bits per heavy atom. The molecule has 1 aromatic rings. The molecule has 0 aliphatic heterocycles. The molecule has 0 aliphatic carbocycles. The second-order valence-electron chi connectivity index (χ2n) is 5.17. The lowest BCUT2D eigenvalue weighted by Gasteiger charge is -2.27. The Balaban J connectivity index is 2.63. The van der Waals surface area contributed by atoms with Gasteiger partial charge in [-0.2, -0.15) is 0 Å². The number of benzene rings is 1. The molecule has 1 aromatic carbocycles. The molecular formula is C15H22. The zero-order valence-electron chi connectivity index (χ0n) is 10.2. The highest BCUT2D eigenvalue weighted by Gasteiger charge is 2.20. The van der Waals surface area contributed by atoms with Gasteiger partial charge < -0.3 is 0 Å². The Morgan fingerprint density at radius 2 is 1.87 bits per heavy atom. The molecule has 1 atom stereocenters. The summed E-state index contributed by atoms with van der Waals surface area (Å²) < 4.78 is 0. The van der Waals surface area contributed by atoms with Gasteiger partial charge in [-0.3, -0.25) is 0 Å². The van der Waals surface area contributed by atoms with Crippen molar-refractivity contribution in [3.8, 4) is 0 Å². The summed E-state index contributed by atoms with van der Waals surface area (Å²) in [6, 6.07) is 10.7. The molecule has 15 heavy (non-hydrogen) atoms. The molecule has 1 rings (SSSR count). The summed E-state index contributed by atoms with van der Waals surface area (Å²) in [5.41, 5.74) is 1.80. The van der Waals surface area contributed by atoms with Crippen molar-refractivity contribution < 1.29 is 0 Å². The van der Waals surface area contributed by atoms with Crippen LogP contribution in [0.25, 0.3) is 0 Å². The first-order valence-electron chi connectivity index (χ1n) is 5.71. The van der Waals surface area contributed by atoms with Crippen LogP contribution >= 0.6 is 0 Å². The molecule has 0 heterocycles. The lowest BCUT2D eigenvalue weighted by atomic mass is 9.78. The molecule has 0 amide bonds. The number of hydrogen-bond donors (Lipinski definition) is 0. The second-order valence-corrected chi connectivity index (χ2v) is 5.17. The quantitative estimate of drug-likeness (QED) is 0.603. The third-order valence-electron chi connectivity index (χ3n) is 2.92. The maximum atomic E-state index is 3.83. The van der Waals surface area contributed by atoms with E-state index in [-0.39, 0.29) is 0 Å². The number of allylic oxidation sites excluding steroid dienone is 1. The van der Waals surface area contributed by atoms with E-state index in [4.69, 9.17) is 0 Å². The molecule has 0 spiro atoms. The van der Waals surface area contributed by atoms with Gasteiger partial charge in [0.1, 0.15) is 0 Å². The van der Waals surface area contributed by atoms with Crippen molar-refractivity contribution in [3.05, 3.63) is 48.6 Å². The molecule has 0 saturated heterocycles. The van der Waals surface area contributed by atoms with E-state index < -0.39 is 0 Å². The van der Waals surface area contributed by atoms with Crippen LogP contribution in [0.2, 0.25) is 0 Å². The van der Waals surface area contributed by atoms with Crippen molar-refractivity contribution >= 4 is 0 Å². The first-order valence-corrected chi connectivity index (χ1v) is 5.71. The van der Waals surface area contributed by atoms with Crippen LogP contribution in [0, 0.1) is 5.41 Å². The van der Waals surface area contributed by atoms with E-state index in [0.29, 0.717) is 11.3 Å². The minimum Gasteiger partial charge on any atom is -0.103 e. The molecular weight excluding hydrogens is 180 g/mol. The molecule has 0 heteroatoms. The van der Waals surface area contributed by atoms with Crippen molar-refractivity contribution in [2.75, 3.05) is 0 Å². The monoisotopic (exact) mass is 202 g/mol. The molecule has 0 saturated carbocycles. The van der Waals surface area contributed by atoms with Crippen LogP contribution in [-0.4, -0.2) is 0 Å². The fourth-order valence-corrected chi connectivity index (χ4v) is 2.20. The van der Waals surface area contributed by atoms with Crippen LogP contribution in [0.4, 0.5) is 0 Å². The van der Waals surface area contributed by atoms with E-state index in [1.165, 1.54) is 12.0 Å². The third kappa shape index (κ3) is 3.91. The van der Waals surface area contributed by atoms with E-state index in [9.17, 15) is 0 Å². The highest BCUT2D eigenvalue weighted by atomic mass is 14.2. The number of hydrogen-bond acceptors (Lipinski definition) is 0. The van der Waals surface area contributed by atoms with Gasteiger partial charge in [-0.05, 0) is 29.7 Å². The lowest BCUT2D eigenvalue weighted by molar-refractivity contribution is 0.315. The van der Waals surface area contributed by atoms with Gasteiger partial charge in [-0.1, -0.05) is 57.2 Å². The van der Waals surface area contributed by atoms with Gasteiger partial charge in [0.25, 0.3) is 0 Å². The maximum absolute atomic E-state index is 3.83. The molecule has 0 N–H and O–H groups in total. The van der Waals surface area contributed by atoms with Gasteiger partial charge >= 0.3 is 0 Å². The molecule has 1 unspecified atom stereocenters. The van der Waals surface area contributed by atoms with Crippen LogP contribution in [0.15, 0.2) is 43.0 Å². The van der Waals surface area contributed by atoms with E-state index >= 15 is 0 Å². The normalized spacial score (nSPS) is 13.5. The molecule has 0 radical (unpaired) electrons. The Morgan fingerprint density at radius 1 is 1.27 bits per heavy atom. The zero-order valence-corrected chi connectivity index (χ0v) is 10.2.